The van der Waals surface area contributed by atoms with Gasteiger partial charge in [-0.15, -0.1) is 0 Å². The van der Waals surface area contributed by atoms with E-state index in [9.17, 15) is 4.79 Å². The summed E-state index contributed by atoms with van der Waals surface area (Å²) < 4.78 is 1.86. The fraction of sp³-hybridized carbons (Fsp3) is 0.533. The Morgan fingerprint density at radius 1 is 1.45 bits per heavy atom. The zero-order chi connectivity index (χ0) is 14.1. The standard InChI is InChI=1S/C15H20ClN3O/c1-2-18-7-3-4-11(9-18)10-19-14-6-5-12(16)8-13(14)17-15(19)20/h5-6,8,11H,2-4,7,9-10H2,1H3,(H,17,20). The molecule has 1 aliphatic rings. The largest absolute Gasteiger partial charge is 0.326 e. The van der Waals surface area contributed by atoms with Gasteiger partial charge in [0.15, 0.2) is 0 Å². The van der Waals surface area contributed by atoms with E-state index in [-0.39, 0.29) is 5.69 Å². The van der Waals surface area contributed by atoms with Crippen molar-refractivity contribution >= 4 is 22.6 Å². The van der Waals surface area contributed by atoms with Crippen molar-refractivity contribution in [2.24, 2.45) is 5.92 Å². The van der Waals surface area contributed by atoms with Gasteiger partial charge in [0.2, 0.25) is 0 Å². The van der Waals surface area contributed by atoms with Crippen LogP contribution in [-0.4, -0.2) is 34.1 Å². The van der Waals surface area contributed by atoms with Crippen LogP contribution in [0.1, 0.15) is 19.8 Å². The van der Waals surface area contributed by atoms with Crippen molar-refractivity contribution in [1.82, 2.24) is 14.5 Å². The second-order valence-electron chi connectivity index (χ2n) is 5.60. The van der Waals surface area contributed by atoms with E-state index in [0.29, 0.717) is 10.9 Å². The molecule has 0 bridgehead atoms. The number of aromatic amines is 1. The summed E-state index contributed by atoms with van der Waals surface area (Å²) >= 11 is 5.97. The summed E-state index contributed by atoms with van der Waals surface area (Å²) in [6, 6.07) is 5.58. The number of piperidine rings is 1. The molecule has 1 atom stereocenters. The van der Waals surface area contributed by atoms with Gasteiger partial charge in [-0.25, -0.2) is 4.79 Å². The zero-order valence-electron chi connectivity index (χ0n) is 11.7. The van der Waals surface area contributed by atoms with Crippen LogP contribution in [0.3, 0.4) is 0 Å². The first-order valence-corrected chi connectivity index (χ1v) is 7.65. The average molecular weight is 294 g/mol. The molecule has 0 radical (unpaired) electrons. The molecule has 3 rings (SSSR count). The third-order valence-electron chi connectivity index (χ3n) is 4.23. The summed E-state index contributed by atoms with van der Waals surface area (Å²) in [6.45, 7) is 6.35. The van der Waals surface area contributed by atoms with Crippen molar-refractivity contribution in [3.05, 3.63) is 33.7 Å². The first kappa shape index (κ1) is 13.7. The van der Waals surface area contributed by atoms with Crippen molar-refractivity contribution in [2.75, 3.05) is 19.6 Å². The maximum Gasteiger partial charge on any atom is 0.326 e. The Balaban J connectivity index is 1.87. The molecule has 20 heavy (non-hydrogen) atoms. The summed E-state index contributed by atoms with van der Waals surface area (Å²) in [7, 11) is 0. The number of nitrogens with one attached hydrogen (secondary N) is 1. The molecule has 1 fully saturated rings. The fourth-order valence-electron chi connectivity index (χ4n) is 3.16. The van der Waals surface area contributed by atoms with E-state index in [1.165, 1.54) is 19.4 Å². The zero-order valence-corrected chi connectivity index (χ0v) is 12.5. The molecule has 0 saturated carbocycles. The molecule has 2 aromatic rings. The van der Waals surface area contributed by atoms with Crippen LogP contribution >= 0.6 is 11.6 Å². The van der Waals surface area contributed by atoms with E-state index < -0.39 is 0 Å². The number of hydrogen-bond donors (Lipinski definition) is 1. The Morgan fingerprint density at radius 3 is 3.10 bits per heavy atom. The summed E-state index contributed by atoms with van der Waals surface area (Å²) in [6.07, 6.45) is 2.42. The van der Waals surface area contributed by atoms with Gasteiger partial charge in [-0.1, -0.05) is 18.5 Å². The molecule has 5 heteroatoms. The summed E-state index contributed by atoms with van der Waals surface area (Å²) in [5, 5.41) is 0.653. The highest BCUT2D eigenvalue weighted by atomic mass is 35.5. The minimum absolute atomic E-state index is 0.0316. The highest BCUT2D eigenvalue weighted by molar-refractivity contribution is 6.31. The summed E-state index contributed by atoms with van der Waals surface area (Å²) in [5.74, 6) is 0.552. The van der Waals surface area contributed by atoms with E-state index in [1.807, 2.05) is 22.8 Å². The maximum absolute atomic E-state index is 12.1. The Morgan fingerprint density at radius 2 is 2.30 bits per heavy atom. The third-order valence-corrected chi connectivity index (χ3v) is 4.46. The van der Waals surface area contributed by atoms with Gasteiger partial charge in [0.1, 0.15) is 0 Å². The van der Waals surface area contributed by atoms with Crippen LogP contribution in [-0.2, 0) is 6.54 Å². The van der Waals surface area contributed by atoms with E-state index in [0.717, 1.165) is 30.7 Å². The van der Waals surface area contributed by atoms with E-state index in [4.69, 9.17) is 11.6 Å². The van der Waals surface area contributed by atoms with Crippen LogP contribution in [0.5, 0.6) is 0 Å². The van der Waals surface area contributed by atoms with Crippen molar-refractivity contribution in [1.29, 1.82) is 0 Å². The predicted octanol–water partition coefficient (Wildman–Crippen LogP) is 2.71. The normalized spacial score (nSPS) is 20.6. The number of benzene rings is 1. The Hall–Kier alpha value is -1.26. The van der Waals surface area contributed by atoms with Crippen molar-refractivity contribution in [2.45, 2.75) is 26.3 Å². The van der Waals surface area contributed by atoms with Crippen LogP contribution in [0.25, 0.3) is 11.0 Å². The van der Waals surface area contributed by atoms with E-state index in [1.54, 1.807) is 0 Å². The molecule has 0 amide bonds. The summed E-state index contributed by atoms with van der Waals surface area (Å²) in [4.78, 5) is 17.5. The molecule has 1 unspecified atom stereocenters. The monoisotopic (exact) mass is 293 g/mol. The van der Waals surface area contributed by atoms with Crippen LogP contribution < -0.4 is 5.69 Å². The van der Waals surface area contributed by atoms with Crippen molar-refractivity contribution in [3.63, 3.8) is 0 Å². The lowest BCUT2D eigenvalue weighted by Gasteiger charge is -2.31. The smallest absolute Gasteiger partial charge is 0.305 e. The topological polar surface area (TPSA) is 41.0 Å². The van der Waals surface area contributed by atoms with Gasteiger partial charge in [0.25, 0.3) is 0 Å². The summed E-state index contributed by atoms with van der Waals surface area (Å²) in [5.41, 5.74) is 1.74. The number of aromatic nitrogens is 2. The first-order chi connectivity index (χ1) is 9.67. The number of hydrogen-bond acceptors (Lipinski definition) is 2. The molecule has 0 aliphatic carbocycles. The highest BCUT2D eigenvalue weighted by Crippen LogP contribution is 2.21. The maximum atomic E-state index is 12.1. The third kappa shape index (κ3) is 2.63. The fourth-order valence-corrected chi connectivity index (χ4v) is 3.33. The minimum atomic E-state index is -0.0316. The number of nitrogens with zero attached hydrogens (tertiary/aromatic N) is 2. The molecular weight excluding hydrogens is 274 g/mol. The predicted molar refractivity (Wildman–Crippen MR) is 82.4 cm³/mol. The number of H-pyrrole nitrogens is 1. The van der Waals surface area contributed by atoms with Crippen LogP contribution in [0, 0.1) is 5.92 Å². The molecule has 1 aromatic heterocycles. The molecule has 108 valence electrons. The second-order valence-corrected chi connectivity index (χ2v) is 6.04. The average Bonchev–Trinajstić information content (AvgIpc) is 2.74. The lowest BCUT2D eigenvalue weighted by Crippen LogP contribution is -2.37. The number of imidazole rings is 1. The molecule has 0 spiro atoms. The van der Waals surface area contributed by atoms with Crippen molar-refractivity contribution < 1.29 is 0 Å². The van der Waals surface area contributed by atoms with E-state index >= 15 is 0 Å². The van der Waals surface area contributed by atoms with Gasteiger partial charge >= 0.3 is 5.69 Å². The molecule has 2 heterocycles. The number of halogens is 1. The first-order valence-electron chi connectivity index (χ1n) is 7.28. The number of rotatable bonds is 3. The SMILES string of the molecule is CCN1CCCC(Cn2c(=O)[nH]c3cc(Cl)ccc32)C1. The van der Waals surface area contributed by atoms with Gasteiger partial charge in [0, 0.05) is 18.1 Å². The molecule has 1 aromatic carbocycles. The molecule has 1 aliphatic heterocycles. The molecule has 1 N–H and O–H groups in total. The molecule has 1 saturated heterocycles. The van der Waals surface area contributed by atoms with Gasteiger partial charge in [-0.2, -0.15) is 0 Å². The second kappa shape index (κ2) is 5.62. The highest BCUT2D eigenvalue weighted by Gasteiger charge is 2.20. The van der Waals surface area contributed by atoms with Crippen molar-refractivity contribution in [3.8, 4) is 0 Å². The van der Waals surface area contributed by atoms with Crippen LogP contribution in [0.4, 0.5) is 0 Å². The Labute approximate surface area is 123 Å². The molecule has 4 nitrogen and oxygen atoms in total. The van der Waals surface area contributed by atoms with E-state index in [2.05, 4.69) is 16.8 Å². The van der Waals surface area contributed by atoms with Crippen LogP contribution in [0.15, 0.2) is 23.0 Å². The van der Waals surface area contributed by atoms with Gasteiger partial charge < -0.3 is 9.88 Å². The van der Waals surface area contributed by atoms with Gasteiger partial charge in [0.05, 0.1) is 11.0 Å². The lowest BCUT2D eigenvalue weighted by molar-refractivity contribution is 0.170. The Bertz CT molecular complexity index is 661. The quantitative estimate of drug-likeness (QED) is 0.945. The Kier molecular flexibility index (Phi) is 3.85. The number of fused-ring (bicyclic) bond motifs is 1. The lowest BCUT2D eigenvalue weighted by atomic mass is 9.98. The van der Waals surface area contributed by atoms with Gasteiger partial charge in [-0.3, -0.25) is 4.57 Å². The minimum Gasteiger partial charge on any atom is -0.305 e. The number of likely N-dealkylation sites (tertiary alicyclic amines) is 1. The van der Waals surface area contributed by atoms with Crippen LogP contribution in [0.2, 0.25) is 5.02 Å². The van der Waals surface area contributed by atoms with Gasteiger partial charge in [-0.05, 0) is 50.0 Å². The molecular formula is C15H20ClN3O.